The van der Waals surface area contributed by atoms with Gasteiger partial charge in [-0.2, -0.15) is 0 Å². The predicted molar refractivity (Wildman–Crippen MR) is 102 cm³/mol. The van der Waals surface area contributed by atoms with Gasteiger partial charge in [-0.3, -0.25) is 14.4 Å². The lowest BCUT2D eigenvalue weighted by molar-refractivity contribution is -0.145. The Morgan fingerprint density at radius 3 is 2.41 bits per heavy atom. The van der Waals surface area contributed by atoms with E-state index in [0.29, 0.717) is 18.0 Å². The SMILES string of the molecule is COCCOC(=O)CCC(=O)Nc1cccc(NC(=O)C2CCCCC2)c1. The fourth-order valence-corrected chi connectivity index (χ4v) is 3.03. The first kappa shape index (κ1) is 20.9. The van der Waals surface area contributed by atoms with Crippen LogP contribution in [0.3, 0.4) is 0 Å². The molecule has 1 aromatic carbocycles. The summed E-state index contributed by atoms with van der Waals surface area (Å²) in [5.74, 6) is -0.608. The number of anilines is 2. The lowest BCUT2D eigenvalue weighted by Gasteiger charge is -2.20. The molecule has 0 aliphatic heterocycles. The molecule has 1 aliphatic rings. The second kappa shape index (κ2) is 11.3. The zero-order valence-electron chi connectivity index (χ0n) is 15.8. The zero-order valence-corrected chi connectivity index (χ0v) is 15.8. The molecule has 0 aromatic heterocycles. The summed E-state index contributed by atoms with van der Waals surface area (Å²) in [4.78, 5) is 35.8. The first-order valence-electron chi connectivity index (χ1n) is 9.44. The summed E-state index contributed by atoms with van der Waals surface area (Å²) in [6.07, 6.45) is 5.30. The maximum atomic E-state index is 12.3. The highest BCUT2D eigenvalue weighted by Crippen LogP contribution is 2.25. The second-order valence-electron chi connectivity index (χ2n) is 6.67. The molecule has 148 valence electrons. The van der Waals surface area contributed by atoms with Crippen molar-refractivity contribution in [1.29, 1.82) is 0 Å². The Kier molecular flexibility index (Phi) is 8.77. The molecule has 0 spiro atoms. The number of ether oxygens (including phenoxy) is 2. The number of amides is 2. The van der Waals surface area contributed by atoms with Crippen molar-refractivity contribution >= 4 is 29.2 Å². The molecule has 0 radical (unpaired) electrons. The van der Waals surface area contributed by atoms with Crippen molar-refractivity contribution in [2.24, 2.45) is 5.92 Å². The number of benzene rings is 1. The summed E-state index contributed by atoms with van der Waals surface area (Å²) in [5, 5.41) is 5.66. The average molecular weight is 376 g/mol. The van der Waals surface area contributed by atoms with Crippen molar-refractivity contribution in [3.63, 3.8) is 0 Å². The molecule has 0 unspecified atom stereocenters. The third-order valence-corrected chi connectivity index (χ3v) is 4.50. The topological polar surface area (TPSA) is 93.7 Å². The number of nitrogens with one attached hydrogen (secondary N) is 2. The Hall–Kier alpha value is -2.41. The van der Waals surface area contributed by atoms with E-state index in [9.17, 15) is 14.4 Å². The molecule has 0 heterocycles. The van der Waals surface area contributed by atoms with E-state index in [-0.39, 0.29) is 37.2 Å². The van der Waals surface area contributed by atoms with E-state index in [1.807, 2.05) is 0 Å². The Balaban J connectivity index is 1.77. The molecule has 1 fully saturated rings. The molecule has 27 heavy (non-hydrogen) atoms. The molecule has 1 saturated carbocycles. The molecular formula is C20H28N2O5. The highest BCUT2D eigenvalue weighted by Gasteiger charge is 2.21. The van der Waals surface area contributed by atoms with E-state index < -0.39 is 5.97 Å². The standard InChI is InChI=1S/C20H28N2O5/c1-26-12-13-27-19(24)11-10-18(23)21-16-8-5-9-17(14-16)22-20(25)15-6-3-2-4-7-15/h5,8-9,14-15H,2-4,6-7,10-13H2,1H3,(H,21,23)(H,22,25). The largest absolute Gasteiger partial charge is 0.463 e. The summed E-state index contributed by atoms with van der Waals surface area (Å²) in [6.45, 7) is 0.511. The van der Waals surface area contributed by atoms with Crippen LogP contribution < -0.4 is 10.6 Å². The Morgan fingerprint density at radius 2 is 1.70 bits per heavy atom. The highest BCUT2D eigenvalue weighted by atomic mass is 16.6. The molecule has 2 N–H and O–H groups in total. The van der Waals surface area contributed by atoms with Crippen LogP contribution in [0.15, 0.2) is 24.3 Å². The van der Waals surface area contributed by atoms with Gasteiger partial charge in [-0.05, 0) is 31.0 Å². The van der Waals surface area contributed by atoms with Gasteiger partial charge in [0.05, 0.1) is 13.0 Å². The summed E-state index contributed by atoms with van der Waals surface area (Å²) < 4.78 is 9.70. The van der Waals surface area contributed by atoms with Crippen molar-refractivity contribution in [3.05, 3.63) is 24.3 Å². The van der Waals surface area contributed by atoms with Crippen LogP contribution in [0.2, 0.25) is 0 Å². The lowest BCUT2D eigenvalue weighted by Crippen LogP contribution is -2.24. The van der Waals surface area contributed by atoms with Crippen LogP contribution in [0, 0.1) is 5.92 Å². The van der Waals surface area contributed by atoms with E-state index in [1.54, 1.807) is 24.3 Å². The van der Waals surface area contributed by atoms with Crippen LogP contribution in [0.1, 0.15) is 44.9 Å². The second-order valence-corrected chi connectivity index (χ2v) is 6.67. The number of methoxy groups -OCH3 is 1. The van der Waals surface area contributed by atoms with E-state index in [4.69, 9.17) is 9.47 Å². The molecule has 2 amide bonds. The van der Waals surface area contributed by atoms with Gasteiger partial charge >= 0.3 is 5.97 Å². The molecular weight excluding hydrogens is 348 g/mol. The van der Waals surface area contributed by atoms with Gasteiger partial charge in [0, 0.05) is 30.8 Å². The highest BCUT2D eigenvalue weighted by molar-refractivity contribution is 5.95. The summed E-state index contributed by atoms with van der Waals surface area (Å²) in [7, 11) is 1.52. The van der Waals surface area contributed by atoms with E-state index in [0.717, 1.165) is 25.7 Å². The number of esters is 1. The van der Waals surface area contributed by atoms with Crippen molar-refractivity contribution < 1.29 is 23.9 Å². The first-order valence-corrected chi connectivity index (χ1v) is 9.44. The summed E-state index contributed by atoms with van der Waals surface area (Å²) >= 11 is 0. The van der Waals surface area contributed by atoms with Gasteiger partial charge in [0.15, 0.2) is 0 Å². The van der Waals surface area contributed by atoms with Gasteiger partial charge in [0.2, 0.25) is 11.8 Å². The average Bonchev–Trinajstić information content (AvgIpc) is 2.67. The molecule has 0 atom stereocenters. The minimum absolute atomic E-state index is 0.00759. The Labute approximate surface area is 159 Å². The van der Waals surface area contributed by atoms with Crippen molar-refractivity contribution in [3.8, 4) is 0 Å². The molecule has 0 saturated heterocycles. The number of carbonyl (C=O) groups is 3. The van der Waals surface area contributed by atoms with Gasteiger partial charge in [0.1, 0.15) is 6.61 Å². The summed E-state index contributed by atoms with van der Waals surface area (Å²) in [5.41, 5.74) is 1.23. The maximum absolute atomic E-state index is 12.3. The van der Waals surface area contributed by atoms with Crippen LogP contribution in [0.5, 0.6) is 0 Å². The Bertz CT molecular complexity index is 641. The first-order chi connectivity index (χ1) is 13.1. The van der Waals surface area contributed by atoms with Crippen LogP contribution in [-0.4, -0.2) is 38.1 Å². The van der Waals surface area contributed by atoms with Crippen LogP contribution in [-0.2, 0) is 23.9 Å². The van der Waals surface area contributed by atoms with Gasteiger partial charge < -0.3 is 20.1 Å². The fourth-order valence-electron chi connectivity index (χ4n) is 3.03. The predicted octanol–water partition coefficient (Wildman–Crippen LogP) is 3.11. The third kappa shape index (κ3) is 7.78. The van der Waals surface area contributed by atoms with E-state index >= 15 is 0 Å². The van der Waals surface area contributed by atoms with E-state index in [2.05, 4.69) is 10.6 Å². The lowest BCUT2D eigenvalue weighted by atomic mass is 9.88. The van der Waals surface area contributed by atoms with Gasteiger partial charge in [-0.25, -0.2) is 0 Å². The monoisotopic (exact) mass is 376 g/mol. The molecule has 7 heteroatoms. The third-order valence-electron chi connectivity index (χ3n) is 4.50. The molecule has 1 aromatic rings. The van der Waals surface area contributed by atoms with E-state index in [1.165, 1.54) is 13.5 Å². The van der Waals surface area contributed by atoms with Crippen molar-refractivity contribution in [1.82, 2.24) is 0 Å². The van der Waals surface area contributed by atoms with Crippen LogP contribution in [0.4, 0.5) is 11.4 Å². The minimum Gasteiger partial charge on any atom is -0.463 e. The van der Waals surface area contributed by atoms with Crippen molar-refractivity contribution in [2.75, 3.05) is 31.0 Å². The minimum atomic E-state index is -0.435. The molecule has 1 aliphatic carbocycles. The quantitative estimate of drug-likeness (QED) is 0.510. The summed E-state index contributed by atoms with van der Waals surface area (Å²) in [6, 6.07) is 7.02. The molecule has 0 bridgehead atoms. The number of hydrogen-bond donors (Lipinski definition) is 2. The van der Waals surface area contributed by atoms with Gasteiger partial charge in [-0.1, -0.05) is 25.3 Å². The molecule has 7 nitrogen and oxygen atoms in total. The normalized spacial score (nSPS) is 14.4. The van der Waals surface area contributed by atoms with Gasteiger partial charge in [-0.15, -0.1) is 0 Å². The number of rotatable bonds is 9. The molecule has 2 rings (SSSR count). The number of hydrogen-bond acceptors (Lipinski definition) is 5. The fraction of sp³-hybridized carbons (Fsp3) is 0.550. The van der Waals surface area contributed by atoms with Crippen LogP contribution in [0.25, 0.3) is 0 Å². The van der Waals surface area contributed by atoms with Gasteiger partial charge in [0.25, 0.3) is 0 Å². The number of carbonyl (C=O) groups excluding carboxylic acids is 3. The van der Waals surface area contributed by atoms with Crippen molar-refractivity contribution in [2.45, 2.75) is 44.9 Å². The van der Waals surface area contributed by atoms with Crippen LogP contribution >= 0.6 is 0 Å². The smallest absolute Gasteiger partial charge is 0.306 e. The Morgan fingerprint density at radius 1 is 1.00 bits per heavy atom. The zero-order chi connectivity index (χ0) is 19.5. The maximum Gasteiger partial charge on any atom is 0.306 e.